The second-order valence-corrected chi connectivity index (χ2v) is 9.36. The van der Waals surface area contributed by atoms with Crippen LogP contribution in [0, 0.1) is 13.8 Å². The van der Waals surface area contributed by atoms with E-state index in [1.807, 2.05) is 38.1 Å². The van der Waals surface area contributed by atoms with Gasteiger partial charge < -0.3 is 4.90 Å². The molecular formula is C21H23N5O2S2. The smallest absolute Gasteiger partial charge is 0.270 e. The molecule has 1 amide bonds. The number of thioether (sulfide) groups is 1. The molecule has 0 unspecified atom stereocenters. The van der Waals surface area contributed by atoms with Crippen LogP contribution in [0.3, 0.4) is 0 Å². The summed E-state index contributed by atoms with van der Waals surface area (Å²) >= 11 is 2.95. The fraction of sp³-hybridized carbons (Fsp3) is 0.333. The van der Waals surface area contributed by atoms with Crippen LogP contribution in [0.2, 0.25) is 0 Å². The van der Waals surface area contributed by atoms with Gasteiger partial charge in [0.1, 0.15) is 0 Å². The number of Topliss-reactive ketones (excluding diaryl/α,β-unsaturated/α-hetero) is 1. The van der Waals surface area contributed by atoms with Crippen molar-refractivity contribution >= 4 is 39.9 Å². The number of amides is 1. The lowest BCUT2D eigenvalue weighted by Crippen LogP contribution is -2.25. The van der Waals surface area contributed by atoms with Gasteiger partial charge in [-0.15, -0.1) is 10.2 Å². The zero-order chi connectivity index (χ0) is 21.1. The molecule has 1 N–H and O–H groups in total. The molecule has 1 saturated heterocycles. The maximum atomic E-state index is 12.8. The van der Waals surface area contributed by atoms with E-state index in [4.69, 9.17) is 0 Å². The van der Waals surface area contributed by atoms with Gasteiger partial charge in [-0.3, -0.25) is 19.7 Å². The molecule has 0 spiro atoms. The average molecular weight is 442 g/mol. The number of benzene rings is 1. The molecule has 0 bridgehead atoms. The number of aromatic nitrogens is 3. The normalized spacial score (nSPS) is 13.6. The number of carbonyl (C=O) groups is 2. The largest absolute Gasteiger partial charge is 0.347 e. The highest BCUT2D eigenvalue weighted by molar-refractivity contribution is 8.01. The lowest BCUT2D eigenvalue weighted by Gasteiger charge is -2.11. The number of anilines is 1. The molecule has 7 nitrogen and oxygen atoms in total. The van der Waals surface area contributed by atoms with Gasteiger partial charge in [0.05, 0.1) is 5.75 Å². The number of nitrogens with one attached hydrogen (secondary N) is 1. The van der Waals surface area contributed by atoms with Crippen LogP contribution in [0.1, 0.15) is 44.9 Å². The van der Waals surface area contributed by atoms with Crippen LogP contribution in [0.15, 0.2) is 40.7 Å². The molecule has 1 aliphatic rings. The Morgan fingerprint density at radius 1 is 1.13 bits per heavy atom. The predicted octanol–water partition coefficient (Wildman–Crippen LogP) is 3.92. The van der Waals surface area contributed by atoms with Crippen molar-refractivity contribution in [2.45, 2.75) is 31.0 Å². The number of ketones is 1. The molecule has 30 heavy (non-hydrogen) atoms. The fourth-order valence-electron chi connectivity index (χ4n) is 3.47. The topological polar surface area (TPSA) is 80.1 Å². The van der Waals surface area contributed by atoms with E-state index < -0.39 is 0 Å². The van der Waals surface area contributed by atoms with Gasteiger partial charge in [0, 0.05) is 35.6 Å². The van der Waals surface area contributed by atoms with Gasteiger partial charge in [0.25, 0.3) is 5.91 Å². The van der Waals surface area contributed by atoms with E-state index in [0.29, 0.717) is 11.1 Å². The third-order valence-electron chi connectivity index (χ3n) is 5.08. The van der Waals surface area contributed by atoms with Crippen molar-refractivity contribution in [1.82, 2.24) is 14.9 Å². The van der Waals surface area contributed by atoms with Crippen LogP contribution >= 0.6 is 23.1 Å². The highest BCUT2D eigenvalue weighted by Gasteiger charge is 2.20. The molecule has 3 aromatic rings. The van der Waals surface area contributed by atoms with Crippen molar-refractivity contribution in [2.24, 2.45) is 0 Å². The molecule has 0 aliphatic carbocycles. The Kier molecular flexibility index (Phi) is 6.19. The summed E-state index contributed by atoms with van der Waals surface area (Å²) in [5, 5.41) is 9.41. The zero-order valence-corrected chi connectivity index (χ0v) is 18.6. The van der Waals surface area contributed by atoms with E-state index in [9.17, 15) is 9.59 Å². The fourth-order valence-corrected chi connectivity index (χ4v) is 5.25. The lowest BCUT2D eigenvalue weighted by molar-refractivity contribution is 0.0999. The Labute approximate surface area is 183 Å². The predicted molar refractivity (Wildman–Crippen MR) is 120 cm³/mol. The van der Waals surface area contributed by atoms with Crippen molar-refractivity contribution in [3.63, 3.8) is 0 Å². The second-order valence-electron chi connectivity index (χ2n) is 7.18. The standard InChI is InChI=1S/C21H23N5O2S2/c1-14-12-17(15(2)26(14)24-19(28)16-8-4-3-5-9-16)18(27)13-29-21-23-22-20(30-21)25-10-6-7-11-25/h3-5,8-9,12H,6-7,10-11,13H2,1-2H3,(H,24,28). The summed E-state index contributed by atoms with van der Waals surface area (Å²) in [5.74, 6) is 0.0752. The molecule has 2 aromatic heterocycles. The number of carbonyl (C=O) groups excluding carboxylic acids is 2. The first-order valence-electron chi connectivity index (χ1n) is 9.82. The third-order valence-corrected chi connectivity index (χ3v) is 7.20. The van der Waals surface area contributed by atoms with E-state index in [1.54, 1.807) is 16.8 Å². The van der Waals surface area contributed by atoms with Crippen molar-refractivity contribution in [1.29, 1.82) is 0 Å². The van der Waals surface area contributed by atoms with Crippen LogP contribution in [0.25, 0.3) is 0 Å². The highest BCUT2D eigenvalue weighted by atomic mass is 32.2. The molecule has 156 valence electrons. The summed E-state index contributed by atoms with van der Waals surface area (Å²) in [5.41, 5.74) is 5.57. The molecule has 9 heteroatoms. The van der Waals surface area contributed by atoms with Gasteiger partial charge in [0.2, 0.25) is 5.13 Å². The van der Waals surface area contributed by atoms with Crippen LogP contribution in [-0.4, -0.2) is 45.4 Å². The first kappa shape index (κ1) is 20.6. The summed E-state index contributed by atoms with van der Waals surface area (Å²) in [4.78, 5) is 27.5. The van der Waals surface area contributed by atoms with Gasteiger partial charge in [-0.2, -0.15) is 0 Å². The summed E-state index contributed by atoms with van der Waals surface area (Å²) < 4.78 is 2.47. The molecule has 1 fully saturated rings. The molecule has 1 aliphatic heterocycles. The second kappa shape index (κ2) is 9.01. The minimum Gasteiger partial charge on any atom is -0.347 e. The van der Waals surface area contributed by atoms with Crippen LogP contribution in [0.4, 0.5) is 5.13 Å². The molecule has 0 saturated carbocycles. The number of rotatable bonds is 7. The summed E-state index contributed by atoms with van der Waals surface area (Å²) in [7, 11) is 0. The monoisotopic (exact) mass is 441 g/mol. The van der Waals surface area contributed by atoms with Gasteiger partial charge in [-0.05, 0) is 44.9 Å². The Hall–Kier alpha value is -2.65. The van der Waals surface area contributed by atoms with Crippen molar-refractivity contribution in [3.8, 4) is 0 Å². The Balaban J connectivity index is 1.41. The molecular weight excluding hydrogens is 418 g/mol. The van der Waals surface area contributed by atoms with Gasteiger partial charge >= 0.3 is 0 Å². The Bertz CT molecular complexity index is 1050. The quantitative estimate of drug-likeness (QED) is 0.442. The third kappa shape index (κ3) is 4.41. The lowest BCUT2D eigenvalue weighted by atomic mass is 10.2. The molecule has 3 heterocycles. The van der Waals surface area contributed by atoms with E-state index in [0.717, 1.165) is 33.9 Å². The van der Waals surface area contributed by atoms with Gasteiger partial charge in [-0.25, -0.2) is 0 Å². The number of hydrogen-bond acceptors (Lipinski definition) is 7. The van der Waals surface area contributed by atoms with E-state index in [2.05, 4.69) is 20.5 Å². The van der Waals surface area contributed by atoms with Gasteiger partial charge in [-0.1, -0.05) is 41.3 Å². The number of hydrogen-bond donors (Lipinski definition) is 1. The van der Waals surface area contributed by atoms with Crippen LogP contribution in [0.5, 0.6) is 0 Å². The maximum absolute atomic E-state index is 12.8. The summed E-state index contributed by atoms with van der Waals surface area (Å²) in [6, 6.07) is 10.8. The molecule has 0 atom stereocenters. The Morgan fingerprint density at radius 2 is 1.87 bits per heavy atom. The zero-order valence-electron chi connectivity index (χ0n) is 16.9. The van der Waals surface area contributed by atoms with Crippen LogP contribution in [-0.2, 0) is 0 Å². The molecule has 0 radical (unpaired) electrons. The molecule has 4 rings (SSSR count). The number of aryl methyl sites for hydroxylation is 1. The van der Waals surface area contributed by atoms with Crippen molar-refractivity contribution in [2.75, 3.05) is 29.2 Å². The number of nitrogens with zero attached hydrogens (tertiary/aromatic N) is 4. The summed E-state index contributed by atoms with van der Waals surface area (Å²) in [6.45, 7) is 5.76. The van der Waals surface area contributed by atoms with E-state index in [-0.39, 0.29) is 17.4 Å². The summed E-state index contributed by atoms with van der Waals surface area (Å²) in [6.07, 6.45) is 2.38. The first-order valence-corrected chi connectivity index (χ1v) is 11.6. The SMILES string of the molecule is Cc1cc(C(=O)CSc2nnc(N3CCCC3)s2)c(C)n1NC(=O)c1ccccc1. The van der Waals surface area contributed by atoms with Gasteiger partial charge in [0.15, 0.2) is 10.1 Å². The highest BCUT2D eigenvalue weighted by Crippen LogP contribution is 2.30. The van der Waals surface area contributed by atoms with Crippen LogP contribution < -0.4 is 10.3 Å². The van der Waals surface area contributed by atoms with Crippen molar-refractivity contribution in [3.05, 3.63) is 58.9 Å². The van der Waals surface area contributed by atoms with E-state index in [1.165, 1.54) is 35.9 Å². The maximum Gasteiger partial charge on any atom is 0.270 e. The Morgan fingerprint density at radius 3 is 2.60 bits per heavy atom. The van der Waals surface area contributed by atoms with Crippen molar-refractivity contribution < 1.29 is 9.59 Å². The molecule has 1 aromatic carbocycles. The average Bonchev–Trinajstić information content (AvgIpc) is 3.50. The first-order chi connectivity index (χ1) is 14.5. The minimum atomic E-state index is -0.214. The van der Waals surface area contributed by atoms with E-state index >= 15 is 0 Å². The minimum absolute atomic E-state index is 0.00577.